The lowest BCUT2D eigenvalue weighted by atomic mass is 9.75. The summed E-state index contributed by atoms with van der Waals surface area (Å²) in [5.41, 5.74) is 4.04. The minimum atomic E-state index is 0.00650. The van der Waals surface area contributed by atoms with Gasteiger partial charge in [0.15, 0.2) is 0 Å². The third kappa shape index (κ3) is 2.42. The molecule has 22 heavy (non-hydrogen) atoms. The maximum absolute atomic E-state index is 6.55. The minimum Gasteiger partial charge on any atom is -0.487 e. The molecule has 1 saturated heterocycles. The fourth-order valence-corrected chi connectivity index (χ4v) is 3.95. The van der Waals surface area contributed by atoms with E-state index in [2.05, 4.69) is 60.8 Å². The smallest absolute Gasteiger partial charge is 0.124 e. The van der Waals surface area contributed by atoms with Gasteiger partial charge in [0.2, 0.25) is 0 Å². The summed E-state index contributed by atoms with van der Waals surface area (Å²) in [5, 5.41) is 3.47. The standard InChI is InChI=1S/C20H23NO/c1-15-7-8-17-18(16-5-3-2-4-6-16)14-20(22-19(17)13-15)9-11-21-12-10-20/h2-8,13,18,21H,9-12,14H2,1H3. The van der Waals surface area contributed by atoms with Crippen molar-refractivity contribution in [3.63, 3.8) is 0 Å². The molecule has 2 aromatic rings. The van der Waals surface area contributed by atoms with E-state index in [0.29, 0.717) is 5.92 Å². The lowest BCUT2D eigenvalue weighted by Crippen LogP contribution is -2.49. The summed E-state index contributed by atoms with van der Waals surface area (Å²) in [6, 6.07) is 17.6. The number of hydrogen-bond acceptors (Lipinski definition) is 2. The second-order valence-electron chi connectivity index (χ2n) is 6.74. The summed E-state index contributed by atoms with van der Waals surface area (Å²) >= 11 is 0. The van der Waals surface area contributed by atoms with Gasteiger partial charge in [0, 0.05) is 11.5 Å². The Morgan fingerprint density at radius 1 is 1.05 bits per heavy atom. The van der Waals surface area contributed by atoms with E-state index in [-0.39, 0.29) is 5.60 Å². The van der Waals surface area contributed by atoms with E-state index in [9.17, 15) is 0 Å². The van der Waals surface area contributed by atoms with Crippen LogP contribution in [-0.2, 0) is 0 Å². The molecule has 0 radical (unpaired) electrons. The molecule has 1 spiro atoms. The summed E-state index contributed by atoms with van der Waals surface area (Å²) < 4.78 is 6.55. The van der Waals surface area contributed by atoms with E-state index in [1.165, 1.54) is 16.7 Å². The average Bonchev–Trinajstić information content (AvgIpc) is 2.55. The summed E-state index contributed by atoms with van der Waals surface area (Å²) in [6.07, 6.45) is 3.29. The second kappa shape index (κ2) is 5.44. The van der Waals surface area contributed by atoms with Crippen LogP contribution in [0.5, 0.6) is 5.75 Å². The number of aryl methyl sites for hydroxylation is 1. The van der Waals surface area contributed by atoms with Crippen molar-refractivity contribution < 1.29 is 4.74 Å². The zero-order chi connectivity index (χ0) is 15.0. The molecule has 2 aliphatic rings. The van der Waals surface area contributed by atoms with Crippen molar-refractivity contribution in [2.75, 3.05) is 13.1 Å². The number of ether oxygens (including phenoxy) is 1. The van der Waals surface area contributed by atoms with Gasteiger partial charge in [-0.3, -0.25) is 0 Å². The third-order valence-electron chi connectivity index (χ3n) is 5.16. The van der Waals surface area contributed by atoms with Crippen LogP contribution in [0.1, 0.15) is 41.9 Å². The molecule has 1 N–H and O–H groups in total. The van der Waals surface area contributed by atoms with Crippen LogP contribution in [0.15, 0.2) is 48.5 Å². The van der Waals surface area contributed by atoms with Gasteiger partial charge in [0.05, 0.1) is 0 Å². The molecule has 0 aliphatic carbocycles. The molecule has 114 valence electrons. The molecule has 1 fully saturated rings. The summed E-state index contributed by atoms with van der Waals surface area (Å²) in [4.78, 5) is 0. The highest BCUT2D eigenvalue weighted by Crippen LogP contribution is 2.47. The molecule has 2 heteroatoms. The number of nitrogens with one attached hydrogen (secondary N) is 1. The molecule has 0 bridgehead atoms. The Hall–Kier alpha value is -1.80. The maximum atomic E-state index is 6.55. The lowest BCUT2D eigenvalue weighted by Gasteiger charge is -2.45. The molecular weight excluding hydrogens is 270 g/mol. The van der Waals surface area contributed by atoms with Gasteiger partial charge in [0.1, 0.15) is 11.4 Å². The summed E-state index contributed by atoms with van der Waals surface area (Å²) in [7, 11) is 0. The summed E-state index contributed by atoms with van der Waals surface area (Å²) in [5.74, 6) is 1.55. The second-order valence-corrected chi connectivity index (χ2v) is 6.74. The van der Waals surface area contributed by atoms with Crippen LogP contribution in [0.2, 0.25) is 0 Å². The molecule has 1 unspecified atom stereocenters. The van der Waals surface area contributed by atoms with Gasteiger partial charge in [-0.1, -0.05) is 42.5 Å². The van der Waals surface area contributed by atoms with Crippen molar-refractivity contribution in [1.82, 2.24) is 5.32 Å². The molecule has 0 saturated carbocycles. The topological polar surface area (TPSA) is 21.3 Å². The highest BCUT2D eigenvalue weighted by Gasteiger charge is 2.42. The molecule has 4 rings (SSSR count). The zero-order valence-corrected chi connectivity index (χ0v) is 13.1. The van der Waals surface area contributed by atoms with Crippen molar-refractivity contribution in [2.24, 2.45) is 0 Å². The fourth-order valence-electron chi connectivity index (χ4n) is 3.95. The monoisotopic (exact) mass is 293 g/mol. The van der Waals surface area contributed by atoms with Gasteiger partial charge < -0.3 is 10.1 Å². The van der Waals surface area contributed by atoms with Crippen LogP contribution in [-0.4, -0.2) is 18.7 Å². The largest absolute Gasteiger partial charge is 0.487 e. The third-order valence-corrected chi connectivity index (χ3v) is 5.16. The Balaban J connectivity index is 1.80. The normalized spacial score (nSPS) is 22.9. The molecule has 0 aromatic heterocycles. The Morgan fingerprint density at radius 2 is 1.82 bits per heavy atom. The molecule has 2 aliphatic heterocycles. The van der Waals surface area contributed by atoms with Crippen LogP contribution < -0.4 is 10.1 Å². The molecular formula is C20H23NO. The van der Waals surface area contributed by atoms with E-state index < -0.39 is 0 Å². The van der Waals surface area contributed by atoms with Crippen molar-refractivity contribution in [3.05, 3.63) is 65.2 Å². The fraction of sp³-hybridized carbons (Fsp3) is 0.400. The van der Waals surface area contributed by atoms with E-state index in [4.69, 9.17) is 4.74 Å². The number of benzene rings is 2. The number of piperidine rings is 1. The van der Waals surface area contributed by atoms with Gasteiger partial charge in [0.25, 0.3) is 0 Å². The Bertz CT molecular complexity index is 659. The molecule has 2 heterocycles. The van der Waals surface area contributed by atoms with Gasteiger partial charge in [-0.2, -0.15) is 0 Å². The van der Waals surface area contributed by atoms with Crippen molar-refractivity contribution >= 4 is 0 Å². The van der Waals surface area contributed by atoms with Crippen LogP contribution in [0.3, 0.4) is 0 Å². The molecule has 1 atom stereocenters. The minimum absolute atomic E-state index is 0.00650. The molecule has 2 aromatic carbocycles. The first-order valence-corrected chi connectivity index (χ1v) is 8.31. The van der Waals surface area contributed by atoms with Gasteiger partial charge in [-0.05, 0) is 56.5 Å². The van der Waals surface area contributed by atoms with Gasteiger partial charge in [-0.25, -0.2) is 0 Å². The number of rotatable bonds is 1. The van der Waals surface area contributed by atoms with Crippen molar-refractivity contribution in [3.8, 4) is 5.75 Å². The average molecular weight is 293 g/mol. The molecule has 0 amide bonds. The first-order valence-electron chi connectivity index (χ1n) is 8.31. The first-order chi connectivity index (χ1) is 10.8. The highest BCUT2D eigenvalue weighted by molar-refractivity contribution is 5.46. The van der Waals surface area contributed by atoms with Crippen LogP contribution in [0, 0.1) is 6.92 Å². The quantitative estimate of drug-likeness (QED) is 0.857. The van der Waals surface area contributed by atoms with Gasteiger partial charge in [-0.15, -0.1) is 0 Å². The van der Waals surface area contributed by atoms with Crippen LogP contribution >= 0.6 is 0 Å². The van der Waals surface area contributed by atoms with E-state index in [1.54, 1.807) is 0 Å². The maximum Gasteiger partial charge on any atom is 0.124 e. The van der Waals surface area contributed by atoms with Crippen LogP contribution in [0.25, 0.3) is 0 Å². The van der Waals surface area contributed by atoms with Gasteiger partial charge >= 0.3 is 0 Å². The molecule has 2 nitrogen and oxygen atoms in total. The van der Waals surface area contributed by atoms with Crippen molar-refractivity contribution in [1.29, 1.82) is 0 Å². The van der Waals surface area contributed by atoms with E-state index in [1.807, 2.05) is 0 Å². The Labute approximate surface area is 132 Å². The number of hydrogen-bond donors (Lipinski definition) is 1. The Kier molecular flexibility index (Phi) is 3.42. The summed E-state index contributed by atoms with van der Waals surface area (Å²) in [6.45, 7) is 4.26. The van der Waals surface area contributed by atoms with Crippen molar-refractivity contribution in [2.45, 2.75) is 37.7 Å². The van der Waals surface area contributed by atoms with Crippen LogP contribution in [0.4, 0.5) is 0 Å². The number of fused-ring (bicyclic) bond motifs is 1. The zero-order valence-electron chi connectivity index (χ0n) is 13.1. The van der Waals surface area contributed by atoms with E-state index >= 15 is 0 Å². The predicted molar refractivity (Wildman–Crippen MR) is 89.5 cm³/mol. The first kappa shape index (κ1) is 13.8. The SMILES string of the molecule is Cc1ccc2c(c1)OC1(CCNCC1)CC2c1ccccc1. The lowest BCUT2D eigenvalue weighted by molar-refractivity contribution is 0.0113. The Morgan fingerprint density at radius 3 is 2.59 bits per heavy atom. The highest BCUT2D eigenvalue weighted by atomic mass is 16.5. The predicted octanol–water partition coefficient (Wildman–Crippen LogP) is 4.03. The van der Waals surface area contributed by atoms with E-state index in [0.717, 1.165) is 38.1 Å².